The number of aromatic nitrogens is 2. The first-order chi connectivity index (χ1) is 13.9. The van der Waals surface area contributed by atoms with Crippen molar-refractivity contribution in [1.82, 2.24) is 20.2 Å². The lowest BCUT2D eigenvalue weighted by molar-refractivity contribution is 0.0940. The Balaban J connectivity index is 1.68. The number of hydrogen-bond donors (Lipinski definition) is 3. The highest BCUT2D eigenvalue weighted by molar-refractivity contribution is 5.94. The minimum Gasteiger partial charge on any atom is -0.501 e. The Morgan fingerprint density at radius 2 is 2.00 bits per heavy atom. The first-order valence-corrected chi connectivity index (χ1v) is 10.1. The summed E-state index contributed by atoms with van der Waals surface area (Å²) < 4.78 is 14.6. The molecule has 1 aromatic carbocycles. The van der Waals surface area contributed by atoms with Crippen LogP contribution < -0.4 is 16.2 Å². The van der Waals surface area contributed by atoms with Gasteiger partial charge in [-0.25, -0.2) is 9.37 Å². The van der Waals surface area contributed by atoms with Crippen LogP contribution in [-0.4, -0.2) is 27.1 Å². The molecule has 0 saturated heterocycles. The summed E-state index contributed by atoms with van der Waals surface area (Å²) in [4.78, 5) is 30.1. The fourth-order valence-corrected chi connectivity index (χ4v) is 4.53. The molecule has 0 spiro atoms. The molecule has 3 N–H and O–H groups in total. The first kappa shape index (κ1) is 19.6. The van der Waals surface area contributed by atoms with Crippen molar-refractivity contribution in [3.05, 3.63) is 57.5 Å². The standard InChI is InChI=1S/C21H25FN4O3/c1-2-24-21-9-7-14(8-10-21)12-26-19(29)17(27)16(25-20(21)26)18(28)23-11-13-3-5-15(22)6-4-13/h3-6,14,24,27H,2,7-12H2,1H3,(H,23,28). The lowest BCUT2D eigenvalue weighted by Crippen LogP contribution is -2.47. The molecule has 7 nitrogen and oxygen atoms in total. The van der Waals surface area contributed by atoms with Crippen LogP contribution in [-0.2, 0) is 18.6 Å². The van der Waals surface area contributed by atoms with Gasteiger partial charge in [0.2, 0.25) is 5.75 Å². The van der Waals surface area contributed by atoms with E-state index in [0.29, 0.717) is 30.4 Å². The van der Waals surface area contributed by atoms with E-state index in [9.17, 15) is 19.1 Å². The highest BCUT2D eigenvalue weighted by Gasteiger charge is 2.44. The van der Waals surface area contributed by atoms with Crippen LogP contribution in [0.3, 0.4) is 0 Å². The molecular formula is C21H25FN4O3. The van der Waals surface area contributed by atoms with Crippen molar-refractivity contribution < 1.29 is 14.3 Å². The van der Waals surface area contributed by atoms with Gasteiger partial charge in [-0.1, -0.05) is 19.1 Å². The number of nitrogens with one attached hydrogen (secondary N) is 2. The molecular weight excluding hydrogens is 375 g/mol. The van der Waals surface area contributed by atoms with Crippen molar-refractivity contribution in [2.45, 2.75) is 51.2 Å². The molecule has 3 aliphatic rings. The summed E-state index contributed by atoms with van der Waals surface area (Å²) in [6.07, 6.45) is 3.64. The minimum atomic E-state index is -0.627. The fourth-order valence-electron chi connectivity index (χ4n) is 4.53. The van der Waals surface area contributed by atoms with E-state index in [2.05, 4.69) is 15.6 Å². The van der Waals surface area contributed by atoms with Crippen molar-refractivity contribution in [2.75, 3.05) is 6.54 Å². The number of aromatic hydroxyl groups is 1. The van der Waals surface area contributed by atoms with Crippen LogP contribution in [0.1, 0.15) is 54.5 Å². The number of nitrogens with zero attached hydrogens (tertiary/aromatic N) is 2. The Bertz CT molecular complexity index is 979. The second-order valence-corrected chi connectivity index (χ2v) is 7.91. The number of benzene rings is 1. The van der Waals surface area contributed by atoms with Crippen molar-refractivity contribution >= 4 is 5.91 Å². The second-order valence-electron chi connectivity index (χ2n) is 7.91. The molecule has 5 rings (SSSR count). The average Bonchev–Trinajstić information content (AvgIpc) is 2.96. The van der Waals surface area contributed by atoms with Gasteiger partial charge in [-0.2, -0.15) is 0 Å². The molecule has 154 valence electrons. The predicted molar refractivity (Wildman–Crippen MR) is 105 cm³/mol. The first-order valence-electron chi connectivity index (χ1n) is 10.1. The van der Waals surface area contributed by atoms with Gasteiger partial charge in [-0.3, -0.25) is 14.2 Å². The van der Waals surface area contributed by atoms with E-state index in [1.54, 1.807) is 16.7 Å². The summed E-state index contributed by atoms with van der Waals surface area (Å²) in [6.45, 7) is 3.37. The van der Waals surface area contributed by atoms with Crippen LogP contribution >= 0.6 is 0 Å². The number of amides is 1. The molecule has 1 aromatic heterocycles. The van der Waals surface area contributed by atoms with Gasteiger partial charge in [0.1, 0.15) is 11.6 Å². The number of carbonyl (C=O) groups is 1. The zero-order valence-corrected chi connectivity index (χ0v) is 16.4. The van der Waals surface area contributed by atoms with Crippen LogP contribution in [0, 0.1) is 11.7 Å². The molecule has 0 unspecified atom stereocenters. The lowest BCUT2D eigenvalue weighted by atomic mass is 9.77. The highest BCUT2D eigenvalue weighted by Crippen LogP contribution is 2.42. The highest BCUT2D eigenvalue weighted by atomic mass is 19.1. The van der Waals surface area contributed by atoms with Gasteiger partial charge in [0, 0.05) is 13.1 Å². The van der Waals surface area contributed by atoms with E-state index >= 15 is 0 Å². The fraction of sp³-hybridized carbons (Fsp3) is 0.476. The number of halogens is 1. The third-order valence-corrected chi connectivity index (χ3v) is 6.07. The van der Waals surface area contributed by atoms with E-state index in [1.165, 1.54) is 12.1 Å². The Hall–Kier alpha value is -2.74. The second kappa shape index (κ2) is 7.59. The van der Waals surface area contributed by atoms with Crippen LogP contribution in [0.25, 0.3) is 0 Å². The summed E-state index contributed by atoms with van der Waals surface area (Å²) in [5.74, 6) is -0.702. The van der Waals surface area contributed by atoms with E-state index in [-0.39, 0.29) is 18.1 Å². The zero-order chi connectivity index (χ0) is 20.6. The van der Waals surface area contributed by atoms with Crippen molar-refractivity contribution in [3.63, 3.8) is 0 Å². The van der Waals surface area contributed by atoms with Gasteiger partial charge < -0.3 is 15.7 Å². The van der Waals surface area contributed by atoms with E-state index < -0.39 is 22.8 Å². The molecule has 29 heavy (non-hydrogen) atoms. The van der Waals surface area contributed by atoms with E-state index in [1.807, 2.05) is 6.92 Å². The van der Waals surface area contributed by atoms with Crippen LogP contribution in [0.4, 0.5) is 4.39 Å². The van der Waals surface area contributed by atoms with Gasteiger partial charge in [0.05, 0.1) is 5.54 Å². The van der Waals surface area contributed by atoms with Crippen LogP contribution in [0.2, 0.25) is 0 Å². The molecule has 2 aromatic rings. The van der Waals surface area contributed by atoms with Crippen LogP contribution in [0.15, 0.2) is 29.1 Å². The largest absolute Gasteiger partial charge is 0.501 e. The quantitative estimate of drug-likeness (QED) is 0.714. The number of carbonyl (C=O) groups excluding carboxylic acids is 1. The Kier molecular flexibility index (Phi) is 5.12. The van der Waals surface area contributed by atoms with Crippen molar-refractivity contribution in [1.29, 1.82) is 0 Å². The van der Waals surface area contributed by atoms with Crippen molar-refractivity contribution in [2.24, 2.45) is 5.92 Å². The summed E-state index contributed by atoms with van der Waals surface area (Å²) in [5, 5.41) is 16.6. The maximum atomic E-state index is 13.0. The number of hydrogen-bond acceptors (Lipinski definition) is 5. The van der Waals surface area contributed by atoms with Gasteiger partial charge in [0.15, 0.2) is 5.69 Å². The maximum Gasteiger partial charge on any atom is 0.296 e. The van der Waals surface area contributed by atoms with E-state index in [4.69, 9.17) is 0 Å². The molecule has 1 saturated carbocycles. The zero-order valence-electron chi connectivity index (χ0n) is 16.4. The van der Waals surface area contributed by atoms with Gasteiger partial charge in [-0.05, 0) is 55.8 Å². The Morgan fingerprint density at radius 3 is 2.66 bits per heavy atom. The average molecular weight is 400 g/mol. The SMILES string of the molecule is CCNC12CCC(CC1)Cn1c2nc(C(=O)NCc2ccc(F)cc2)c(O)c1=O. The molecule has 0 radical (unpaired) electrons. The summed E-state index contributed by atoms with van der Waals surface area (Å²) >= 11 is 0. The monoisotopic (exact) mass is 400 g/mol. The van der Waals surface area contributed by atoms with Crippen molar-refractivity contribution in [3.8, 4) is 5.75 Å². The number of rotatable bonds is 5. The third kappa shape index (κ3) is 3.53. The lowest BCUT2D eigenvalue weighted by Gasteiger charge is -2.37. The molecule has 2 aliphatic heterocycles. The van der Waals surface area contributed by atoms with Crippen LogP contribution in [0.5, 0.6) is 5.75 Å². The maximum absolute atomic E-state index is 13.0. The van der Waals surface area contributed by atoms with E-state index in [0.717, 1.165) is 25.7 Å². The predicted octanol–water partition coefficient (Wildman–Crippen LogP) is 2.03. The minimum absolute atomic E-state index is 0.138. The van der Waals surface area contributed by atoms with Gasteiger partial charge in [-0.15, -0.1) is 0 Å². The molecule has 8 heteroatoms. The van der Waals surface area contributed by atoms with Gasteiger partial charge >= 0.3 is 0 Å². The smallest absolute Gasteiger partial charge is 0.296 e. The molecule has 3 heterocycles. The molecule has 0 atom stereocenters. The third-order valence-electron chi connectivity index (χ3n) is 6.07. The summed E-state index contributed by atoms with van der Waals surface area (Å²) in [5.41, 5.74) is -0.585. The summed E-state index contributed by atoms with van der Waals surface area (Å²) in [6, 6.07) is 5.74. The van der Waals surface area contributed by atoms with Gasteiger partial charge in [0.25, 0.3) is 11.5 Å². The Morgan fingerprint density at radius 1 is 1.31 bits per heavy atom. The Labute approximate surface area is 168 Å². The molecule has 1 aliphatic carbocycles. The summed E-state index contributed by atoms with van der Waals surface area (Å²) in [7, 11) is 0. The molecule has 1 amide bonds. The topological polar surface area (TPSA) is 96.2 Å². The number of fused-ring (bicyclic) bond motifs is 2. The normalized spacial score (nSPS) is 22.8. The molecule has 1 fully saturated rings. The molecule has 2 bridgehead atoms.